The maximum absolute atomic E-state index is 13.8. The predicted molar refractivity (Wildman–Crippen MR) is 143 cm³/mol. The molecule has 3 rings (SSSR count). The molecule has 0 saturated heterocycles. The monoisotopic (exact) mass is 507 g/mol. The van der Waals surface area contributed by atoms with Gasteiger partial charge in [0, 0.05) is 19.0 Å². The summed E-state index contributed by atoms with van der Waals surface area (Å²) in [6.07, 6.45) is 1.36. The molecule has 36 heavy (non-hydrogen) atoms. The average molecular weight is 508 g/mol. The predicted octanol–water partition coefficient (Wildman–Crippen LogP) is 3.62. The van der Waals surface area contributed by atoms with Crippen LogP contribution in [0.1, 0.15) is 25.0 Å². The number of nitrogens with zero attached hydrogens (tertiary/aromatic N) is 2. The number of sulfonamides is 1. The molecule has 3 aromatic rings. The first-order valence-corrected chi connectivity index (χ1v) is 13.7. The van der Waals surface area contributed by atoms with Crippen LogP contribution in [0.2, 0.25) is 0 Å². The molecule has 1 atom stereocenters. The molecule has 0 fully saturated rings. The zero-order valence-corrected chi connectivity index (χ0v) is 21.7. The number of hydrogen-bond donors (Lipinski definition) is 1. The fraction of sp³-hybridized carbons (Fsp3) is 0.286. The molecule has 0 heterocycles. The first-order chi connectivity index (χ1) is 17.1. The van der Waals surface area contributed by atoms with E-state index in [1.807, 2.05) is 74.5 Å². The van der Waals surface area contributed by atoms with Crippen LogP contribution in [0.4, 0.5) is 5.69 Å². The minimum atomic E-state index is -3.76. The molecular formula is C28H33N3O4S. The van der Waals surface area contributed by atoms with Crippen LogP contribution in [-0.2, 0) is 32.6 Å². The van der Waals surface area contributed by atoms with Crippen molar-refractivity contribution >= 4 is 27.5 Å². The molecule has 1 N–H and O–H groups in total. The Hall–Kier alpha value is -3.65. The van der Waals surface area contributed by atoms with Gasteiger partial charge in [-0.3, -0.25) is 13.9 Å². The molecule has 3 aromatic carbocycles. The van der Waals surface area contributed by atoms with E-state index in [2.05, 4.69) is 5.32 Å². The Bertz CT molecular complexity index is 1230. The first kappa shape index (κ1) is 26.9. The first-order valence-electron chi connectivity index (χ1n) is 11.9. The maximum atomic E-state index is 13.8. The normalized spacial score (nSPS) is 12.1. The Labute approximate surface area is 213 Å². The molecule has 0 saturated carbocycles. The molecule has 0 radical (unpaired) electrons. The summed E-state index contributed by atoms with van der Waals surface area (Å²) >= 11 is 0. The number of anilines is 1. The molecule has 8 heteroatoms. The van der Waals surface area contributed by atoms with Gasteiger partial charge in [-0.2, -0.15) is 0 Å². The van der Waals surface area contributed by atoms with Crippen LogP contribution in [0, 0.1) is 0 Å². The fourth-order valence-electron chi connectivity index (χ4n) is 3.92. The third-order valence-electron chi connectivity index (χ3n) is 5.62. The van der Waals surface area contributed by atoms with Crippen molar-refractivity contribution in [1.82, 2.24) is 10.2 Å². The van der Waals surface area contributed by atoms with Crippen molar-refractivity contribution in [3.05, 3.63) is 102 Å². The summed E-state index contributed by atoms with van der Waals surface area (Å²) in [5, 5.41) is 2.93. The van der Waals surface area contributed by atoms with Gasteiger partial charge in [-0.1, -0.05) is 78.9 Å². The summed E-state index contributed by atoms with van der Waals surface area (Å²) in [6, 6.07) is 26.4. The summed E-state index contributed by atoms with van der Waals surface area (Å²) in [5.41, 5.74) is 2.13. The minimum Gasteiger partial charge on any atom is -0.352 e. The average Bonchev–Trinajstić information content (AvgIpc) is 2.85. The fourth-order valence-corrected chi connectivity index (χ4v) is 4.77. The standard InChI is InChI=1S/C28H33N3O4S/c1-22(2)29-28(33)26(19-23-13-7-4-8-14-23)30(20-24-15-9-5-10-16-24)27(32)21-31(36(3,34)35)25-17-11-6-12-18-25/h4-18,22,26H,19-21H2,1-3H3,(H,29,33)/t26-/m1/s1. The van der Waals surface area contributed by atoms with Crippen molar-refractivity contribution in [2.24, 2.45) is 0 Å². The van der Waals surface area contributed by atoms with Gasteiger partial charge in [0.2, 0.25) is 21.8 Å². The number of carbonyl (C=O) groups excluding carboxylic acids is 2. The Kier molecular flexibility index (Phi) is 9.25. The van der Waals surface area contributed by atoms with Crippen LogP contribution in [0.25, 0.3) is 0 Å². The summed E-state index contributed by atoms with van der Waals surface area (Å²) < 4.78 is 26.4. The quantitative estimate of drug-likeness (QED) is 0.430. The molecule has 7 nitrogen and oxygen atoms in total. The lowest BCUT2D eigenvalue weighted by Crippen LogP contribution is -2.54. The van der Waals surface area contributed by atoms with Crippen molar-refractivity contribution < 1.29 is 18.0 Å². The van der Waals surface area contributed by atoms with E-state index in [-0.39, 0.29) is 18.5 Å². The van der Waals surface area contributed by atoms with E-state index in [4.69, 9.17) is 0 Å². The van der Waals surface area contributed by atoms with Crippen LogP contribution < -0.4 is 9.62 Å². The molecule has 0 unspecified atom stereocenters. The van der Waals surface area contributed by atoms with E-state index in [9.17, 15) is 18.0 Å². The lowest BCUT2D eigenvalue weighted by molar-refractivity contribution is -0.140. The van der Waals surface area contributed by atoms with Crippen LogP contribution in [0.15, 0.2) is 91.0 Å². The van der Waals surface area contributed by atoms with Crippen molar-refractivity contribution in [2.45, 2.75) is 38.9 Å². The topological polar surface area (TPSA) is 86.8 Å². The van der Waals surface area contributed by atoms with Gasteiger partial charge in [0.25, 0.3) is 0 Å². The summed E-state index contributed by atoms with van der Waals surface area (Å²) in [4.78, 5) is 28.7. The SMILES string of the molecule is CC(C)NC(=O)[C@@H](Cc1ccccc1)N(Cc1ccccc1)C(=O)CN(c1ccccc1)S(C)(=O)=O. The molecule has 0 aliphatic carbocycles. The molecule has 0 aliphatic heterocycles. The zero-order valence-electron chi connectivity index (χ0n) is 20.9. The number of amides is 2. The van der Waals surface area contributed by atoms with E-state index in [1.54, 1.807) is 30.3 Å². The highest BCUT2D eigenvalue weighted by atomic mass is 32.2. The van der Waals surface area contributed by atoms with Crippen molar-refractivity contribution in [3.63, 3.8) is 0 Å². The highest BCUT2D eigenvalue weighted by molar-refractivity contribution is 7.92. The Morgan fingerprint density at radius 3 is 1.81 bits per heavy atom. The van der Waals surface area contributed by atoms with Gasteiger partial charge in [0.05, 0.1) is 11.9 Å². The summed E-state index contributed by atoms with van der Waals surface area (Å²) in [5.74, 6) is -0.753. The van der Waals surface area contributed by atoms with Gasteiger partial charge in [0.15, 0.2) is 0 Å². The van der Waals surface area contributed by atoms with Crippen molar-refractivity contribution in [1.29, 1.82) is 0 Å². The van der Waals surface area contributed by atoms with Gasteiger partial charge in [-0.05, 0) is 37.1 Å². The number of para-hydroxylation sites is 1. The van der Waals surface area contributed by atoms with Gasteiger partial charge < -0.3 is 10.2 Å². The van der Waals surface area contributed by atoms with Crippen molar-refractivity contribution in [2.75, 3.05) is 17.1 Å². The number of hydrogen-bond acceptors (Lipinski definition) is 4. The highest BCUT2D eigenvalue weighted by Gasteiger charge is 2.33. The number of carbonyl (C=O) groups is 2. The Morgan fingerprint density at radius 2 is 1.31 bits per heavy atom. The van der Waals surface area contributed by atoms with Gasteiger partial charge in [0.1, 0.15) is 12.6 Å². The Morgan fingerprint density at radius 1 is 0.806 bits per heavy atom. The van der Waals surface area contributed by atoms with Gasteiger partial charge >= 0.3 is 0 Å². The van der Waals surface area contributed by atoms with E-state index in [1.165, 1.54) is 4.90 Å². The molecule has 2 amide bonds. The van der Waals surface area contributed by atoms with E-state index >= 15 is 0 Å². The van der Waals surface area contributed by atoms with Crippen LogP contribution in [0.3, 0.4) is 0 Å². The largest absolute Gasteiger partial charge is 0.352 e. The summed E-state index contributed by atoms with van der Waals surface area (Å²) in [6.45, 7) is 3.47. The third-order valence-corrected chi connectivity index (χ3v) is 6.76. The third kappa shape index (κ3) is 7.68. The van der Waals surface area contributed by atoms with Gasteiger partial charge in [-0.15, -0.1) is 0 Å². The second kappa shape index (κ2) is 12.4. The molecule has 0 bridgehead atoms. The number of rotatable bonds is 11. The molecule has 0 aliphatic rings. The smallest absolute Gasteiger partial charge is 0.244 e. The van der Waals surface area contributed by atoms with E-state index < -0.39 is 28.5 Å². The molecule has 0 aromatic heterocycles. The number of nitrogens with one attached hydrogen (secondary N) is 1. The molecule has 0 spiro atoms. The summed E-state index contributed by atoms with van der Waals surface area (Å²) in [7, 11) is -3.76. The zero-order chi connectivity index (χ0) is 26.1. The minimum absolute atomic E-state index is 0.124. The van der Waals surface area contributed by atoms with Crippen LogP contribution in [0.5, 0.6) is 0 Å². The number of benzene rings is 3. The van der Waals surface area contributed by atoms with E-state index in [0.29, 0.717) is 12.1 Å². The van der Waals surface area contributed by atoms with E-state index in [0.717, 1.165) is 21.7 Å². The van der Waals surface area contributed by atoms with Gasteiger partial charge in [-0.25, -0.2) is 8.42 Å². The van der Waals surface area contributed by atoms with Crippen LogP contribution >= 0.6 is 0 Å². The maximum Gasteiger partial charge on any atom is 0.244 e. The molecule has 190 valence electrons. The lowest BCUT2D eigenvalue weighted by atomic mass is 10.0. The Balaban J connectivity index is 2.02. The molecular weight excluding hydrogens is 474 g/mol. The van der Waals surface area contributed by atoms with Crippen LogP contribution in [-0.4, -0.2) is 50.0 Å². The second-order valence-electron chi connectivity index (χ2n) is 8.98. The highest BCUT2D eigenvalue weighted by Crippen LogP contribution is 2.20. The van der Waals surface area contributed by atoms with Crippen molar-refractivity contribution in [3.8, 4) is 0 Å². The second-order valence-corrected chi connectivity index (χ2v) is 10.9. The lowest BCUT2D eigenvalue weighted by Gasteiger charge is -2.34.